The average Bonchev–Trinajstić information content (AvgIpc) is 2.50. The van der Waals surface area contributed by atoms with Crippen LogP contribution in [0.3, 0.4) is 0 Å². The van der Waals surface area contributed by atoms with Gasteiger partial charge >= 0.3 is 0 Å². The van der Waals surface area contributed by atoms with Gasteiger partial charge in [0.15, 0.2) is 5.25 Å². The molecule has 0 radical (unpaired) electrons. The number of hydrogen-bond acceptors (Lipinski definition) is 4. The zero-order valence-corrected chi connectivity index (χ0v) is 8.16. The van der Waals surface area contributed by atoms with E-state index in [0.29, 0.717) is 13.0 Å². The van der Waals surface area contributed by atoms with Crippen LogP contribution in [0.5, 0.6) is 0 Å². The van der Waals surface area contributed by atoms with Crippen LogP contribution < -0.4 is 0 Å². The zero-order valence-electron chi connectivity index (χ0n) is 7.34. The third kappa shape index (κ3) is 1.99. The van der Waals surface area contributed by atoms with Crippen molar-refractivity contribution in [2.24, 2.45) is 0 Å². The van der Waals surface area contributed by atoms with Gasteiger partial charge in [-0.25, -0.2) is 8.42 Å². The van der Waals surface area contributed by atoms with Crippen LogP contribution in [0.15, 0.2) is 0 Å². The van der Waals surface area contributed by atoms with Crippen molar-refractivity contribution in [3.8, 4) is 6.07 Å². The molecule has 74 valence electrons. The molecule has 13 heavy (non-hydrogen) atoms. The maximum Gasteiger partial charge on any atom is 0.230 e. The molecule has 2 atom stereocenters. The van der Waals surface area contributed by atoms with E-state index in [1.54, 1.807) is 6.07 Å². The summed E-state index contributed by atoms with van der Waals surface area (Å²) in [6.45, 7) is 1.78. The third-order valence-corrected chi connectivity index (χ3v) is 4.17. The summed E-state index contributed by atoms with van der Waals surface area (Å²) in [5.74, 6) is 0. The monoisotopic (exact) mass is 204 g/mol. The Bertz CT molecular complexity index is 319. The topological polar surface area (TPSA) is 81.4 Å². The minimum Gasteiger partial charge on any atom is -0.392 e. The molecule has 0 bridgehead atoms. The highest BCUT2D eigenvalue weighted by Gasteiger charge is 2.34. The Balaban J connectivity index is 2.78. The van der Waals surface area contributed by atoms with Crippen molar-refractivity contribution < 1.29 is 13.5 Å². The molecule has 6 heteroatoms. The summed E-state index contributed by atoms with van der Waals surface area (Å²) in [6, 6.07) is 1.69. The van der Waals surface area contributed by atoms with Gasteiger partial charge in [0.25, 0.3) is 0 Å². The van der Waals surface area contributed by atoms with Crippen molar-refractivity contribution in [2.75, 3.05) is 13.1 Å². The zero-order chi connectivity index (χ0) is 10.1. The predicted octanol–water partition coefficient (Wildman–Crippen LogP) is -0.705. The molecule has 1 fully saturated rings. The smallest absolute Gasteiger partial charge is 0.230 e. The first-order valence-electron chi connectivity index (χ1n) is 4.05. The van der Waals surface area contributed by atoms with Crippen molar-refractivity contribution in [1.82, 2.24) is 4.31 Å². The Kier molecular flexibility index (Phi) is 2.91. The summed E-state index contributed by atoms with van der Waals surface area (Å²) >= 11 is 0. The molecule has 5 nitrogen and oxygen atoms in total. The molecule has 1 N–H and O–H groups in total. The van der Waals surface area contributed by atoms with Crippen molar-refractivity contribution in [3.05, 3.63) is 0 Å². The highest BCUT2D eigenvalue weighted by atomic mass is 32.2. The second-order valence-corrected chi connectivity index (χ2v) is 5.37. The lowest BCUT2D eigenvalue weighted by Gasteiger charge is -2.16. The van der Waals surface area contributed by atoms with Crippen LogP contribution in [0.4, 0.5) is 0 Å². The summed E-state index contributed by atoms with van der Waals surface area (Å²) < 4.78 is 24.2. The predicted molar refractivity (Wildman–Crippen MR) is 46.2 cm³/mol. The van der Waals surface area contributed by atoms with Crippen LogP contribution in [-0.4, -0.2) is 42.3 Å². The second kappa shape index (κ2) is 3.62. The van der Waals surface area contributed by atoms with Gasteiger partial charge in [-0.3, -0.25) is 0 Å². The van der Waals surface area contributed by atoms with Crippen molar-refractivity contribution >= 4 is 10.0 Å². The van der Waals surface area contributed by atoms with Gasteiger partial charge in [-0.15, -0.1) is 0 Å². The van der Waals surface area contributed by atoms with E-state index in [1.165, 1.54) is 11.2 Å². The fourth-order valence-corrected chi connectivity index (χ4v) is 2.55. The number of hydrogen-bond donors (Lipinski definition) is 1. The van der Waals surface area contributed by atoms with Crippen LogP contribution in [0.2, 0.25) is 0 Å². The molecule has 0 aliphatic carbocycles. The molecular weight excluding hydrogens is 192 g/mol. The van der Waals surface area contributed by atoms with E-state index < -0.39 is 21.4 Å². The minimum absolute atomic E-state index is 0.119. The summed E-state index contributed by atoms with van der Waals surface area (Å²) in [5, 5.41) is 16.6. The van der Waals surface area contributed by atoms with E-state index >= 15 is 0 Å². The molecule has 1 aliphatic heterocycles. The summed E-state index contributed by atoms with van der Waals surface area (Å²) in [6.07, 6.45) is -0.127. The molecule has 1 heterocycles. The quantitative estimate of drug-likeness (QED) is 0.644. The molecule has 0 saturated carbocycles. The maximum atomic E-state index is 11.5. The first kappa shape index (κ1) is 10.4. The lowest BCUT2D eigenvalue weighted by molar-refractivity contribution is 0.189. The lowest BCUT2D eigenvalue weighted by Crippen LogP contribution is -2.35. The number of rotatable bonds is 2. The Labute approximate surface area is 77.6 Å². The fourth-order valence-electron chi connectivity index (χ4n) is 1.23. The van der Waals surface area contributed by atoms with Crippen molar-refractivity contribution in [3.63, 3.8) is 0 Å². The number of nitrogens with zero attached hydrogens (tertiary/aromatic N) is 2. The molecular formula is C7H12N2O3S. The van der Waals surface area contributed by atoms with E-state index in [1.807, 2.05) is 0 Å². The molecule has 0 aromatic rings. The Hall–Kier alpha value is -0.640. The highest BCUT2D eigenvalue weighted by Crippen LogP contribution is 2.16. The molecule has 1 aliphatic rings. The van der Waals surface area contributed by atoms with Gasteiger partial charge < -0.3 is 5.11 Å². The number of β-amino-alcohol motifs (C(OH)–C–C–N with tert-alkyl or cyclic N) is 1. The van der Waals surface area contributed by atoms with Gasteiger partial charge in [-0.05, 0) is 13.3 Å². The lowest BCUT2D eigenvalue weighted by atomic mass is 10.3. The van der Waals surface area contributed by atoms with Crippen molar-refractivity contribution in [1.29, 1.82) is 5.26 Å². The normalized spacial score (nSPS) is 27.0. The second-order valence-electron chi connectivity index (χ2n) is 3.12. The molecule has 0 spiro atoms. The Morgan fingerprint density at radius 3 is 2.69 bits per heavy atom. The first-order chi connectivity index (χ1) is 5.98. The van der Waals surface area contributed by atoms with Crippen LogP contribution in [0.25, 0.3) is 0 Å². The van der Waals surface area contributed by atoms with Crippen molar-refractivity contribution in [2.45, 2.75) is 24.7 Å². The molecule has 1 unspecified atom stereocenters. The average molecular weight is 204 g/mol. The summed E-state index contributed by atoms with van der Waals surface area (Å²) in [5.41, 5.74) is 0. The Morgan fingerprint density at radius 2 is 2.31 bits per heavy atom. The van der Waals surface area contributed by atoms with Crippen LogP contribution in [-0.2, 0) is 10.0 Å². The van der Waals surface area contributed by atoms with Gasteiger partial charge in [-0.2, -0.15) is 9.57 Å². The van der Waals surface area contributed by atoms with Crippen LogP contribution >= 0.6 is 0 Å². The number of nitriles is 1. The van der Waals surface area contributed by atoms with Gasteiger partial charge in [0, 0.05) is 13.1 Å². The van der Waals surface area contributed by atoms with E-state index in [2.05, 4.69) is 0 Å². The summed E-state index contributed by atoms with van der Waals surface area (Å²) in [7, 11) is -3.51. The molecule has 1 saturated heterocycles. The number of aliphatic hydroxyl groups excluding tert-OH is 1. The maximum absolute atomic E-state index is 11.5. The largest absolute Gasteiger partial charge is 0.392 e. The SMILES string of the molecule is CC(C#N)S(=O)(=O)N1CC[C@@H](O)C1. The molecule has 0 aromatic heterocycles. The fraction of sp³-hybridized carbons (Fsp3) is 0.857. The van der Waals surface area contributed by atoms with Gasteiger partial charge in [0.1, 0.15) is 0 Å². The standard InChI is InChI=1S/C7H12N2O3S/c1-6(4-8)13(11,12)9-3-2-7(10)5-9/h6-7,10H,2-3,5H2,1H3/t6?,7-/m1/s1. The Morgan fingerprint density at radius 1 is 1.69 bits per heavy atom. The highest BCUT2D eigenvalue weighted by molar-refractivity contribution is 7.89. The van der Waals surface area contributed by atoms with Crippen LogP contribution in [0, 0.1) is 11.3 Å². The number of sulfonamides is 1. The van der Waals surface area contributed by atoms with Gasteiger partial charge in [0.2, 0.25) is 10.0 Å². The molecule has 0 aromatic carbocycles. The molecule has 1 rings (SSSR count). The summed E-state index contributed by atoms with van der Waals surface area (Å²) in [4.78, 5) is 0. The van der Waals surface area contributed by atoms with E-state index in [-0.39, 0.29) is 6.54 Å². The van der Waals surface area contributed by atoms with Gasteiger partial charge in [0.05, 0.1) is 12.2 Å². The minimum atomic E-state index is -3.51. The van der Waals surface area contributed by atoms with E-state index in [0.717, 1.165) is 0 Å². The number of aliphatic hydroxyl groups is 1. The molecule has 0 amide bonds. The van der Waals surface area contributed by atoms with Gasteiger partial charge in [-0.1, -0.05) is 0 Å². The van der Waals surface area contributed by atoms with Crippen LogP contribution in [0.1, 0.15) is 13.3 Å². The van der Waals surface area contributed by atoms with E-state index in [4.69, 9.17) is 10.4 Å². The third-order valence-electron chi connectivity index (χ3n) is 2.11. The first-order valence-corrected chi connectivity index (χ1v) is 5.55. The van der Waals surface area contributed by atoms with E-state index in [9.17, 15) is 8.42 Å².